The SMILES string of the molecule is CC(C)(CN1C(=O)CC2(CCCCCC2)C1=O)C(N)=S. The van der Waals surface area contributed by atoms with Gasteiger partial charge in [0.2, 0.25) is 11.8 Å². The first-order valence-corrected chi connectivity index (χ1v) is 7.84. The Hall–Kier alpha value is -0.970. The van der Waals surface area contributed by atoms with E-state index < -0.39 is 10.8 Å². The monoisotopic (exact) mass is 296 g/mol. The van der Waals surface area contributed by atoms with Gasteiger partial charge < -0.3 is 5.73 Å². The molecular weight excluding hydrogens is 272 g/mol. The fourth-order valence-corrected chi connectivity index (χ4v) is 3.35. The highest BCUT2D eigenvalue weighted by Gasteiger charge is 2.51. The third-order valence-corrected chi connectivity index (χ3v) is 5.32. The summed E-state index contributed by atoms with van der Waals surface area (Å²) in [5.74, 6) is -0.0463. The highest BCUT2D eigenvalue weighted by Crippen LogP contribution is 2.44. The third kappa shape index (κ3) is 2.73. The van der Waals surface area contributed by atoms with Crippen molar-refractivity contribution in [2.24, 2.45) is 16.6 Å². The maximum Gasteiger partial charge on any atom is 0.235 e. The van der Waals surface area contributed by atoms with Gasteiger partial charge in [-0.15, -0.1) is 0 Å². The lowest BCUT2D eigenvalue weighted by atomic mass is 9.79. The number of nitrogens with two attached hydrogens (primary N) is 1. The molecule has 20 heavy (non-hydrogen) atoms. The van der Waals surface area contributed by atoms with Gasteiger partial charge in [0.05, 0.1) is 10.4 Å². The number of carbonyl (C=O) groups is 2. The number of likely N-dealkylation sites (tertiary alicyclic amines) is 1. The van der Waals surface area contributed by atoms with E-state index in [-0.39, 0.29) is 11.8 Å². The molecule has 4 nitrogen and oxygen atoms in total. The van der Waals surface area contributed by atoms with Crippen LogP contribution in [0, 0.1) is 10.8 Å². The highest BCUT2D eigenvalue weighted by atomic mass is 32.1. The largest absolute Gasteiger partial charge is 0.393 e. The van der Waals surface area contributed by atoms with Crippen molar-refractivity contribution in [1.82, 2.24) is 4.90 Å². The molecule has 1 aliphatic heterocycles. The molecule has 1 heterocycles. The second-order valence-corrected chi connectivity index (χ2v) is 7.34. The molecule has 0 atom stereocenters. The first-order chi connectivity index (χ1) is 9.28. The van der Waals surface area contributed by atoms with Gasteiger partial charge in [-0.05, 0) is 12.8 Å². The van der Waals surface area contributed by atoms with E-state index >= 15 is 0 Å². The van der Waals surface area contributed by atoms with Gasteiger partial charge in [0.25, 0.3) is 0 Å². The van der Waals surface area contributed by atoms with Gasteiger partial charge in [-0.3, -0.25) is 14.5 Å². The average Bonchev–Trinajstić information content (AvgIpc) is 2.57. The second-order valence-electron chi connectivity index (χ2n) is 6.90. The number of amides is 2. The van der Waals surface area contributed by atoms with Crippen molar-refractivity contribution in [3.05, 3.63) is 0 Å². The topological polar surface area (TPSA) is 63.4 Å². The average molecular weight is 296 g/mol. The smallest absolute Gasteiger partial charge is 0.235 e. The summed E-state index contributed by atoms with van der Waals surface area (Å²) < 4.78 is 0. The molecular formula is C15H24N2O2S. The van der Waals surface area contributed by atoms with Crippen LogP contribution < -0.4 is 5.73 Å². The third-order valence-electron chi connectivity index (χ3n) is 4.77. The zero-order chi connectivity index (χ0) is 15.0. The molecule has 1 aliphatic carbocycles. The molecule has 1 spiro atoms. The van der Waals surface area contributed by atoms with E-state index in [2.05, 4.69) is 0 Å². The molecule has 0 aromatic rings. The van der Waals surface area contributed by atoms with E-state index in [1.807, 2.05) is 13.8 Å². The van der Waals surface area contributed by atoms with E-state index in [0.717, 1.165) is 25.7 Å². The summed E-state index contributed by atoms with van der Waals surface area (Å²) in [6, 6.07) is 0. The van der Waals surface area contributed by atoms with Gasteiger partial charge >= 0.3 is 0 Å². The summed E-state index contributed by atoms with van der Waals surface area (Å²) in [5.41, 5.74) is 4.78. The Balaban J connectivity index is 2.18. The van der Waals surface area contributed by atoms with Gasteiger partial charge in [-0.1, -0.05) is 51.7 Å². The fourth-order valence-electron chi connectivity index (χ4n) is 3.29. The minimum Gasteiger partial charge on any atom is -0.393 e. The number of carbonyl (C=O) groups excluding carboxylic acids is 2. The Labute approximate surface area is 126 Å². The highest BCUT2D eigenvalue weighted by molar-refractivity contribution is 7.80. The van der Waals surface area contributed by atoms with Gasteiger partial charge in [0.1, 0.15) is 0 Å². The molecule has 0 aromatic heterocycles. The molecule has 112 valence electrons. The fraction of sp³-hybridized carbons (Fsp3) is 0.800. The second kappa shape index (κ2) is 5.43. The zero-order valence-corrected chi connectivity index (χ0v) is 13.2. The quantitative estimate of drug-likeness (QED) is 0.641. The van der Waals surface area contributed by atoms with E-state index in [9.17, 15) is 9.59 Å². The molecule has 2 amide bonds. The number of hydrogen-bond acceptors (Lipinski definition) is 3. The van der Waals surface area contributed by atoms with Crippen LogP contribution in [0.5, 0.6) is 0 Å². The molecule has 0 unspecified atom stereocenters. The van der Waals surface area contributed by atoms with Crippen LogP contribution in [0.2, 0.25) is 0 Å². The number of rotatable bonds is 3. The summed E-state index contributed by atoms with van der Waals surface area (Å²) in [4.78, 5) is 26.8. The predicted molar refractivity (Wildman–Crippen MR) is 82.0 cm³/mol. The number of thiocarbonyl (C=S) groups is 1. The van der Waals surface area contributed by atoms with Crippen molar-refractivity contribution in [2.75, 3.05) is 6.54 Å². The van der Waals surface area contributed by atoms with Crippen molar-refractivity contribution < 1.29 is 9.59 Å². The van der Waals surface area contributed by atoms with Crippen molar-refractivity contribution in [1.29, 1.82) is 0 Å². The summed E-state index contributed by atoms with van der Waals surface area (Å²) in [7, 11) is 0. The first kappa shape index (κ1) is 15.4. The lowest BCUT2D eigenvalue weighted by molar-refractivity contribution is -0.142. The molecule has 2 rings (SSSR count). The van der Waals surface area contributed by atoms with Crippen LogP contribution in [0.3, 0.4) is 0 Å². The van der Waals surface area contributed by atoms with Crippen LogP contribution in [0.25, 0.3) is 0 Å². The standard InChI is InChI=1S/C15H24N2O2S/c1-14(2,12(16)20)10-17-11(18)9-15(13(17)19)7-5-3-4-6-8-15/h3-10H2,1-2H3,(H2,16,20). The lowest BCUT2D eigenvalue weighted by Crippen LogP contribution is -2.45. The number of hydrogen-bond donors (Lipinski definition) is 1. The summed E-state index contributed by atoms with van der Waals surface area (Å²) in [6.45, 7) is 4.07. The summed E-state index contributed by atoms with van der Waals surface area (Å²) in [5, 5.41) is 0. The zero-order valence-electron chi connectivity index (χ0n) is 12.4. The van der Waals surface area contributed by atoms with Crippen LogP contribution in [-0.4, -0.2) is 28.2 Å². The minimum absolute atomic E-state index is 0.00808. The van der Waals surface area contributed by atoms with Crippen molar-refractivity contribution >= 4 is 29.0 Å². The van der Waals surface area contributed by atoms with Crippen molar-refractivity contribution in [3.8, 4) is 0 Å². The molecule has 0 aromatic carbocycles. The Morgan fingerprint density at radius 2 is 1.80 bits per heavy atom. The van der Waals surface area contributed by atoms with Gasteiger partial charge in [-0.2, -0.15) is 0 Å². The van der Waals surface area contributed by atoms with E-state index in [1.54, 1.807) is 0 Å². The van der Waals surface area contributed by atoms with Crippen molar-refractivity contribution in [3.63, 3.8) is 0 Å². The van der Waals surface area contributed by atoms with Gasteiger partial charge in [0, 0.05) is 18.4 Å². The van der Waals surface area contributed by atoms with E-state index in [0.29, 0.717) is 18.0 Å². The lowest BCUT2D eigenvalue weighted by Gasteiger charge is -2.30. The molecule has 2 aliphatic rings. The van der Waals surface area contributed by atoms with Gasteiger partial charge in [-0.25, -0.2) is 0 Å². The van der Waals surface area contributed by atoms with Crippen LogP contribution in [0.1, 0.15) is 58.8 Å². The van der Waals surface area contributed by atoms with Crippen LogP contribution in [-0.2, 0) is 9.59 Å². The Morgan fingerprint density at radius 3 is 2.30 bits per heavy atom. The predicted octanol–water partition coefficient (Wildman–Crippen LogP) is 2.40. The van der Waals surface area contributed by atoms with Crippen molar-refractivity contribution in [2.45, 2.75) is 58.8 Å². The molecule has 1 saturated carbocycles. The Morgan fingerprint density at radius 1 is 1.25 bits per heavy atom. The molecule has 2 fully saturated rings. The van der Waals surface area contributed by atoms with E-state index in [1.165, 1.54) is 17.7 Å². The Bertz CT molecular complexity index is 437. The van der Waals surface area contributed by atoms with Crippen LogP contribution >= 0.6 is 12.2 Å². The molecule has 1 saturated heterocycles. The normalized spacial score (nSPS) is 23.2. The van der Waals surface area contributed by atoms with Crippen LogP contribution in [0.4, 0.5) is 0 Å². The molecule has 0 bridgehead atoms. The van der Waals surface area contributed by atoms with Gasteiger partial charge in [0.15, 0.2) is 0 Å². The molecule has 0 radical (unpaired) electrons. The number of imide groups is 1. The molecule has 5 heteroatoms. The molecule has 2 N–H and O–H groups in total. The number of nitrogens with zero attached hydrogens (tertiary/aromatic N) is 1. The Kier molecular flexibility index (Phi) is 4.19. The van der Waals surface area contributed by atoms with Crippen LogP contribution in [0.15, 0.2) is 0 Å². The summed E-state index contributed by atoms with van der Waals surface area (Å²) in [6.07, 6.45) is 6.50. The maximum absolute atomic E-state index is 12.8. The van der Waals surface area contributed by atoms with E-state index in [4.69, 9.17) is 18.0 Å². The minimum atomic E-state index is -0.503. The maximum atomic E-state index is 12.8. The summed E-state index contributed by atoms with van der Waals surface area (Å²) >= 11 is 5.04. The first-order valence-electron chi connectivity index (χ1n) is 7.43.